The normalized spacial score (nSPS) is 17.9. The molecule has 0 unspecified atom stereocenters. The van der Waals surface area contributed by atoms with E-state index in [-0.39, 0.29) is 11.5 Å². The maximum atomic E-state index is 11.5. The number of rotatable bonds is 2. The van der Waals surface area contributed by atoms with E-state index in [0.717, 1.165) is 26.2 Å². The minimum absolute atomic E-state index is 0.138. The fourth-order valence-corrected chi connectivity index (χ4v) is 1.66. The van der Waals surface area contributed by atoms with Gasteiger partial charge >= 0.3 is 0 Å². The van der Waals surface area contributed by atoms with Crippen LogP contribution in [0.4, 0.5) is 5.95 Å². The van der Waals surface area contributed by atoms with Gasteiger partial charge in [-0.1, -0.05) is 0 Å². The first-order valence-corrected chi connectivity index (χ1v) is 5.02. The highest BCUT2D eigenvalue weighted by atomic mass is 16.1. The third kappa shape index (κ3) is 2.54. The van der Waals surface area contributed by atoms with Crippen molar-refractivity contribution in [3.63, 3.8) is 0 Å². The molecule has 0 atom stereocenters. The second-order valence-corrected chi connectivity index (χ2v) is 3.65. The van der Waals surface area contributed by atoms with Gasteiger partial charge in [0.1, 0.15) is 0 Å². The van der Waals surface area contributed by atoms with E-state index in [1.54, 1.807) is 6.20 Å². The number of nitrogen functional groups attached to an aromatic ring is 1. The van der Waals surface area contributed by atoms with Crippen LogP contribution < -0.4 is 16.6 Å². The van der Waals surface area contributed by atoms with Crippen molar-refractivity contribution in [2.45, 2.75) is 6.54 Å². The fraction of sp³-hybridized carbons (Fsp3) is 0.556. The summed E-state index contributed by atoms with van der Waals surface area (Å²) in [7, 11) is 0. The van der Waals surface area contributed by atoms with E-state index in [4.69, 9.17) is 5.73 Å². The van der Waals surface area contributed by atoms with Crippen molar-refractivity contribution in [2.75, 3.05) is 31.9 Å². The standard InChI is InChI=1S/C9H15N5O/c10-9-12-5-7(8(15)13-9)6-14-3-1-11-2-4-14/h5,11H,1-4,6H2,(H3,10,12,13,15). The van der Waals surface area contributed by atoms with E-state index >= 15 is 0 Å². The fourth-order valence-electron chi connectivity index (χ4n) is 1.66. The molecule has 2 rings (SSSR count). The van der Waals surface area contributed by atoms with Crippen LogP contribution in [0.1, 0.15) is 5.56 Å². The number of nitrogens with two attached hydrogens (primary N) is 1. The van der Waals surface area contributed by atoms with Crippen molar-refractivity contribution in [2.24, 2.45) is 0 Å². The predicted molar refractivity (Wildman–Crippen MR) is 57.4 cm³/mol. The Bertz CT molecular complexity index is 382. The summed E-state index contributed by atoms with van der Waals surface area (Å²) in [5, 5.41) is 3.26. The quantitative estimate of drug-likeness (QED) is 0.567. The largest absolute Gasteiger partial charge is 0.369 e. The molecule has 0 radical (unpaired) electrons. The van der Waals surface area contributed by atoms with E-state index in [1.807, 2.05) is 0 Å². The van der Waals surface area contributed by atoms with Gasteiger partial charge in [0.2, 0.25) is 0 Å². The summed E-state index contributed by atoms with van der Waals surface area (Å²) < 4.78 is 0. The minimum atomic E-state index is -0.138. The molecule has 0 spiro atoms. The molecule has 0 saturated carbocycles. The van der Waals surface area contributed by atoms with Gasteiger partial charge in [0.05, 0.1) is 0 Å². The highest BCUT2D eigenvalue weighted by molar-refractivity contribution is 5.17. The zero-order valence-corrected chi connectivity index (χ0v) is 8.49. The maximum absolute atomic E-state index is 11.5. The molecule has 4 N–H and O–H groups in total. The molecular weight excluding hydrogens is 194 g/mol. The molecule has 1 aliphatic heterocycles. The number of nitrogens with zero attached hydrogens (tertiary/aromatic N) is 2. The Kier molecular flexibility index (Phi) is 2.98. The number of anilines is 1. The van der Waals surface area contributed by atoms with Crippen molar-refractivity contribution < 1.29 is 0 Å². The summed E-state index contributed by atoms with van der Waals surface area (Å²) in [5.74, 6) is 0.170. The summed E-state index contributed by atoms with van der Waals surface area (Å²) in [6.45, 7) is 4.51. The van der Waals surface area contributed by atoms with Crippen LogP contribution in [0, 0.1) is 0 Å². The monoisotopic (exact) mass is 209 g/mol. The minimum Gasteiger partial charge on any atom is -0.369 e. The molecule has 6 nitrogen and oxygen atoms in total. The van der Waals surface area contributed by atoms with Gasteiger partial charge in [0.15, 0.2) is 5.95 Å². The van der Waals surface area contributed by atoms with Gasteiger partial charge in [-0.3, -0.25) is 14.7 Å². The molecule has 0 aromatic carbocycles. The van der Waals surface area contributed by atoms with E-state index < -0.39 is 0 Å². The second-order valence-electron chi connectivity index (χ2n) is 3.65. The van der Waals surface area contributed by atoms with Crippen molar-refractivity contribution >= 4 is 5.95 Å². The van der Waals surface area contributed by atoms with Gasteiger partial charge in [-0.25, -0.2) is 4.98 Å². The van der Waals surface area contributed by atoms with Crippen molar-refractivity contribution in [3.05, 3.63) is 22.1 Å². The van der Waals surface area contributed by atoms with Gasteiger partial charge in [-0.2, -0.15) is 0 Å². The molecule has 1 fully saturated rings. The topological polar surface area (TPSA) is 87.0 Å². The number of H-pyrrole nitrogens is 1. The lowest BCUT2D eigenvalue weighted by molar-refractivity contribution is 0.232. The lowest BCUT2D eigenvalue weighted by Crippen LogP contribution is -2.43. The van der Waals surface area contributed by atoms with Gasteiger partial charge in [-0.15, -0.1) is 0 Å². The summed E-state index contributed by atoms with van der Waals surface area (Å²) in [6.07, 6.45) is 1.55. The summed E-state index contributed by atoms with van der Waals surface area (Å²) >= 11 is 0. The van der Waals surface area contributed by atoms with Crippen molar-refractivity contribution in [1.82, 2.24) is 20.2 Å². The number of hydrogen-bond acceptors (Lipinski definition) is 5. The molecule has 1 saturated heterocycles. The number of aromatic amines is 1. The summed E-state index contributed by atoms with van der Waals surface area (Å²) in [4.78, 5) is 20.1. The zero-order chi connectivity index (χ0) is 10.7. The molecular formula is C9H15N5O. The average Bonchev–Trinajstić information content (AvgIpc) is 2.24. The van der Waals surface area contributed by atoms with Crippen LogP contribution in [0.15, 0.2) is 11.0 Å². The average molecular weight is 209 g/mol. The van der Waals surface area contributed by atoms with Gasteiger partial charge in [-0.05, 0) is 0 Å². The Balaban J connectivity index is 2.06. The summed E-state index contributed by atoms with van der Waals surface area (Å²) in [6, 6.07) is 0. The molecule has 6 heteroatoms. The maximum Gasteiger partial charge on any atom is 0.256 e. The molecule has 82 valence electrons. The summed E-state index contributed by atoms with van der Waals surface area (Å²) in [5.41, 5.74) is 5.90. The highest BCUT2D eigenvalue weighted by Crippen LogP contribution is 2.00. The molecule has 15 heavy (non-hydrogen) atoms. The number of aromatic nitrogens is 2. The van der Waals surface area contributed by atoms with Crippen molar-refractivity contribution in [3.8, 4) is 0 Å². The molecule has 1 aliphatic rings. The van der Waals surface area contributed by atoms with Crippen LogP contribution in [0.2, 0.25) is 0 Å². The van der Waals surface area contributed by atoms with Crippen LogP contribution in [0.5, 0.6) is 0 Å². The third-order valence-electron chi connectivity index (χ3n) is 2.50. The predicted octanol–water partition coefficient (Wildman–Crippen LogP) is -1.24. The van der Waals surface area contributed by atoms with E-state index in [1.165, 1.54) is 0 Å². The number of hydrogen-bond donors (Lipinski definition) is 3. The first-order valence-electron chi connectivity index (χ1n) is 5.02. The van der Waals surface area contributed by atoms with Gasteiger partial charge < -0.3 is 11.1 Å². The Morgan fingerprint density at radius 3 is 2.87 bits per heavy atom. The van der Waals surface area contributed by atoms with Crippen LogP contribution in [0.25, 0.3) is 0 Å². The van der Waals surface area contributed by atoms with E-state index in [2.05, 4.69) is 20.2 Å². The van der Waals surface area contributed by atoms with Crippen molar-refractivity contribution in [1.29, 1.82) is 0 Å². The molecule has 0 bridgehead atoms. The lowest BCUT2D eigenvalue weighted by Gasteiger charge is -2.26. The van der Waals surface area contributed by atoms with E-state index in [9.17, 15) is 4.79 Å². The first-order chi connectivity index (χ1) is 7.25. The Morgan fingerprint density at radius 2 is 2.20 bits per heavy atom. The van der Waals surface area contributed by atoms with Gasteiger partial charge in [0, 0.05) is 44.5 Å². The highest BCUT2D eigenvalue weighted by Gasteiger charge is 2.11. The number of nitrogens with one attached hydrogen (secondary N) is 2. The Labute approximate surface area is 87.5 Å². The molecule has 0 aliphatic carbocycles. The van der Waals surface area contributed by atoms with E-state index in [0.29, 0.717) is 12.1 Å². The van der Waals surface area contributed by atoms with Crippen LogP contribution >= 0.6 is 0 Å². The number of piperazine rings is 1. The van der Waals surface area contributed by atoms with Gasteiger partial charge in [0.25, 0.3) is 5.56 Å². The van der Waals surface area contributed by atoms with Crippen LogP contribution in [-0.2, 0) is 6.54 Å². The molecule has 1 aromatic heterocycles. The lowest BCUT2D eigenvalue weighted by atomic mass is 10.2. The third-order valence-corrected chi connectivity index (χ3v) is 2.50. The first kappa shape index (κ1) is 10.1. The van der Waals surface area contributed by atoms with Crippen LogP contribution in [0.3, 0.4) is 0 Å². The Morgan fingerprint density at radius 1 is 1.47 bits per heavy atom. The molecule has 0 amide bonds. The Hall–Kier alpha value is -1.40. The second kappa shape index (κ2) is 4.41. The molecule has 1 aromatic rings. The smallest absolute Gasteiger partial charge is 0.256 e. The SMILES string of the molecule is Nc1ncc(CN2CCNCC2)c(=O)[nH]1. The molecule has 2 heterocycles. The van der Waals surface area contributed by atoms with Crippen LogP contribution in [-0.4, -0.2) is 41.0 Å². The zero-order valence-electron chi connectivity index (χ0n) is 8.49.